The molecule has 3 heteroatoms. The molecule has 59 heavy (non-hydrogen) atoms. The second-order valence-electron chi connectivity index (χ2n) is 15.6. The number of fused-ring (bicyclic) bond motifs is 6. The lowest BCUT2D eigenvalue weighted by molar-refractivity contribution is 1.16. The minimum absolute atomic E-state index is 1.09. The fourth-order valence-corrected chi connectivity index (χ4v) is 9.17. The van der Waals surface area contributed by atoms with Crippen LogP contribution in [-0.2, 0) is 0 Å². The monoisotopic (exact) mass is 755 g/mol. The first-order valence-corrected chi connectivity index (χ1v) is 20.3. The summed E-state index contributed by atoms with van der Waals surface area (Å²) in [5.74, 6) is 0. The maximum Gasteiger partial charge on any atom is 0.0541 e. The molecule has 0 radical (unpaired) electrons. The van der Waals surface area contributed by atoms with Crippen LogP contribution in [0.1, 0.15) is 11.1 Å². The zero-order valence-electron chi connectivity index (χ0n) is 33.0. The van der Waals surface area contributed by atoms with Crippen molar-refractivity contribution in [3.8, 4) is 33.6 Å². The average molecular weight is 756 g/mol. The van der Waals surface area contributed by atoms with Gasteiger partial charge in [0, 0.05) is 50.0 Å². The Morgan fingerprint density at radius 3 is 1.36 bits per heavy atom. The number of anilines is 3. The predicted molar refractivity (Wildman–Crippen MR) is 250 cm³/mol. The molecular weight excluding hydrogens is 715 g/mol. The highest BCUT2D eigenvalue weighted by Crippen LogP contribution is 2.41. The van der Waals surface area contributed by atoms with E-state index in [1.165, 1.54) is 82.7 Å². The Hall–Kier alpha value is -7.62. The van der Waals surface area contributed by atoms with Gasteiger partial charge in [0.1, 0.15) is 0 Å². The lowest BCUT2D eigenvalue weighted by Crippen LogP contribution is -2.10. The molecule has 0 aliphatic carbocycles. The molecule has 2 aromatic heterocycles. The molecule has 0 saturated heterocycles. The SMILES string of the molecule is Cc1cc(C)cc(-n2c3ccccc3c3cc(-c4ccc5c(c4)c4ccccc4n5-c4cccc(N(c5ccccc5)c5ccc(-c6ccccc6)cc5)c4)ccc32)c1. The highest BCUT2D eigenvalue weighted by Gasteiger charge is 2.18. The van der Waals surface area contributed by atoms with Gasteiger partial charge in [0.25, 0.3) is 0 Å². The molecule has 0 aliphatic heterocycles. The summed E-state index contributed by atoms with van der Waals surface area (Å²) in [5.41, 5.74) is 17.8. The Bertz CT molecular complexity index is 3310. The van der Waals surface area contributed by atoms with Crippen LogP contribution in [0.15, 0.2) is 212 Å². The number of aromatic nitrogens is 2. The lowest BCUT2D eigenvalue weighted by Gasteiger charge is -2.26. The number of aryl methyl sites for hydroxylation is 2. The van der Waals surface area contributed by atoms with E-state index in [9.17, 15) is 0 Å². The zero-order chi connectivity index (χ0) is 39.5. The molecule has 2 heterocycles. The Morgan fingerprint density at radius 1 is 0.288 bits per heavy atom. The van der Waals surface area contributed by atoms with E-state index >= 15 is 0 Å². The highest BCUT2D eigenvalue weighted by molar-refractivity contribution is 6.12. The van der Waals surface area contributed by atoms with Crippen LogP contribution in [0, 0.1) is 13.8 Å². The van der Waals surface area contributed by atoms with Crippen LogP contribution in [0.3, 0.4) is 0 Å². The summed E-state index contributed by atoms with van der Waals surface area (Å²) in [6.07, 6.45) is 0. The minimum Gasteiger partial charge on any atom is -0.310 e. The van der Waals surface area contributed by atoms with Gasteiger partial charge in [-0.2, -0.15) is 0 Å². The first-order valence-electron chi connectivity index (χ1n) is 20.3. The summed E-state index contributed by atoms with van der Waals surface area (Å²) in [6.45, 7) is 4.36. The first kappa shape index (κ1) is 34.6. The van der Waals surface area contributed by atoms with Gasteiger partial charge in [-0.3, -0.25) is 0 Å². The fourth-order valence-electron chi connectivity index (χ4n) is 9.17. The van der Waals surface area contributed by atoms with Gasteiger partial charge in [-0.1, -0.05) is 121 Å². The summed E-state index contributed by atoms with van der Waals surface area (Å²) in [6, 6.07) is 77.4. The van der Waals surface area contributed by atoms with Crippen LogP contribution in [0.5, 0.6) is 0 Å². The van der Waals surface area contributed by atoms with Gasteiger partial charge in [0.05, 0.1) is 22.1 Å². The molecule has 0 spiro atoms. The number of rotatable bonds is 7. The number of benzene rings is 9. The molecule has 0 unspecified atom stereocenters. The molecule has 0 bridgehead atoms. The van der Waals surface area contributed by atoms with E-state index in [2.05, 4.69) is 240 Å². The molecule has 0 N–H and O–H groups in total. The number of hydrogen-bond acceptors (Lipinski definition) is 1. The third kappa shape index (κ3) is 5.98. The standard InChI is InChI=1S/C56H41N3/c1-38-32-39(2)34-48(33-38)59-54-23-12-10-21-50(54)52-36-43(27-31-56(52)59)42-26-30-55-51(35-42)49-20-9-11-22-53(49)58(55)47-19-13-18-46(37-47)57(44-16-7-4-8-17-44)45-28-24-41(25-29-45)40-14-5-3-6-15-40/h3-37H,1-2H3. The summed E-state index contributed by atoms with van der Waals surface area (Å²) in [5, 5.41) is 4.99. The van der Waals surface area contributed by atoms with Crippen LogP contribution in [0.25, 0.3) is 77.2 Å². The number of para-hydroxylation sites is 3. The first-order chi connectivity index (χ1) is 29.1. The molecule has 11 rings (SSSR count). The molecule has 3 nitrogen and oxygen atoms in total. The second-order valence-corrected chi connectivity index (χ2v) is 15.6. The molecule has 0 saturated carbocycles. The molecule has 11 aromatic rings. The lowest BCUT2D eigenvalue weighted by atomic mass is 10.0. The quantitative estimate of drug-likeness (QED) is 0.158. The van der Waals surface area contributed by atoms with Gasteiger partial charge >= 0.3 is 0 Å². The summed E-state index contributed by atoms with van der Waals surface area (Å²) < 4.78 is 4.83. The molecular formula is C56H41N3. The largest absolute Gasteiger partial charge is 0.310 e. The Morgan fingerprint density at radius 2 is 0.746 bits per heavy atom. The van der Waals surface area contributed by atoms with E-state index in [-0.39, 0.29) is 0 Å². The van der Waals surface area contributed by atoms with Crippen LogP contribution in [-0.4, -0.2) is 9.13 Å². The van der Waals surface area contributed by atoms with E-state index in [0.717, 1.165) is 22.7 Å². The molecule has 0 aliphatic rings. The highest BCUT2D eigenvalue weighted by atomic mass is 15.1. The Labute approximate surface area is 344 Å². The number of nitrogens with zero attached hydrogens (tertiary/aromatic N) is 3. The van der Waals surface area contributed by atoms with Gasteiger partial charge in [0.2, 0.25) is 0 Å². The van der Waals surface area contributed by atoms with Crippen LogP contribution < -0.4 is 4.90 Å². The van der Waals surface area contributed by atoms with Crippen molar-refractivity contribution >= 4 is 60.7 Å². The van der Waals surface area contributed by atoms with E-state index in [0.29, 0.717) is 0 Å². The normalized spacial score (nSPS) is 11.6. The van der Waals surface area contributed by atoms with Crippen molar-refractivity contribution in [2.75, 3.05) is 4.90 Å². The van der Waals surface area contributed by atoms with Crippen LogP contribution in [0.4, 0.5) is 17.1 Å². The number of hydrogen-bond donors (Lipinski definition) is 0. The van der Waals surface area contributed by atoms with Crippen LogP contribution >= 0.6 is 0 Å². The van der Waals surface area contributed by atoms with Crippen molar-refractivity contribution in [2.45, 2.75) is 13.8 Å². The topological polar surface area (TPSA) is 13.1 Å². The summed E-state index contributed by atoms with van der Waals surface area (Å²) >= 11 is 0. The van der Waals surface area contributed by atoms with E-state index in [1.807, 2.05) is 0 Å². The van der Waals surface area contributed by atoms with Gasteiger partial charge < -0.3 is 14.0 Å². The van der Waals surface area contributed by atoms with Crippen molar-refractivity contribution in [3.63, 3.8) is 0 Å². The summed E-state index contributed by atoms with van der Waals surface area (Å²) in [4.78, 5) is 2.34. The molecule has 0 amide bonds. The van der Waals surface area contributed by atoms with Gasteiger partial charge in [0.15, 0.2) is 0 Å². The van der Waals surface area contributed by atoms with Crippen molar-refractivity contribution in [2.24, 2.45) is 0 Å². The predicted octanol–water partition coefficient (Wildman–Crippen LogP) is 15.3. The third-order valence-electron chi connectivity index (χ3n) is 11.7. The van der Waals surface area contributed by atoms with Gasteiger partial charge in [-0.25, -0.2) is 0 Å². The zero-order valence-corrected chi connectivity index (χ0v) is 33.0. The van der Waals surface area contributed by atoms with Crippen molar-refractivity contribution < 1.29 is 0 Å². The third-order valence-corrected chi connectivity index (χ3v) is 11.7. The molecule has 0 atom stereocenters. The van der Waals surface area contributed by atoms with Gasteiger partial charge in [-0.15, -0.1) is 0 Å². The van der Waals surface area contributed by atoms with Crippen LogP contribution in [0.2, 0.25) is 0 Å². The van der Waals surface area contributed by atoms with Crippen molar-refractivity contribution in [1.82, 2.24) is 9.13 Å². The minimum atomic E-state index is 1.09. The fraction of sp³-hybridized carbons (Fsp3) is 0.0357. The van der Waals surface area contributed by atoms with E-state index in [1.54, 1.807) is 0 Å². The Balaban J connectivity index is 1.03. The van der Waals surface area contributed by atoms with E-state index < -0.39 is 0 Å². The van der Waals surface area contributed by atoms with E-state index in [4.69, 9.17) is 0 Å². The maximum absolute atomic E-state index is 2.42. The van der Waals surface area contributed by atoms with Crippen molar-refractivity contribution in [3.05, 3.63) is 223 Å². The smallest absolute Gasteiger partial charge is 0.0541 e. The molecule has 280 valence electrons. The second kappa shape index (κ2) is 14.1. The Kier molecular flexibility index (Phi) is 8.27. The van der Waals surface area contributed by atoms with Crippen molar-refractivity contribution in [1.29, 1.82) is 0 Å². The summed E-state index contributed by atoms with van der Waals surface area (Å²) in [7, 11) is 0. The molecule has 9 aromatic carbocycles. The average Bonchev–Trinajstić information content (AvgIpc) is 3.79. The van der Waals surface area contributed by atoms with Gasteiger partial charge in [-0.05, 0) is 138 Å². The molecule has 0 fully saturated rings. The maximum atomic E-state index is 2.42.